The van der Waals surface area contributed by atoms with Crippen LogP contribution in [0.1, 0.15) is 17.5 Å². The maximum absolute atomic E-state index is 11.0. The summed E-state index contributed by atoms with van der Waals surface area (Å²) >= 11 is 0. The van der Waals surface area contributed by atoms with E-state index in [-0.39, 0.29) is 6.04 Å². The van der Waals surface area contributed by atoms with Crippen molar-refractivity contribution in [3.63, 3.8) is 0 Å². The third-order valence-electron chi connectivity index (χ3n) is 3.96. The molecule has 0 aliphatic carbocycles. The molecular weight excluding hydrogens is 304 g/mol. The van der Waals surface area contributed by atoms with Crippen LogP contribution in [0.5, 0.6) is 0 Å². The third kappa shape index (κ3) is 6.02. The van der Waals surface area contributed by atoms with Crippen LogP contribution in [0.25, 0.3) is 0 Å². The highest BCUT2D eigenvalue weighted by Gasteiger charge is 2.23. The Balaban J connectivity index is 1.96. The first-order valence-electron chi connectivity index (χ1n) is 8.05. The number of aliphatic hydroxyl groups excluding tert-OH is 1. The van der Waals surface area contributed by atoms with E-state index in [1.807, 2.05) is 60.7 Å². The van der Waals surface area contributed by atoms with E-state index in [1.165, 1.54) is 0 Å². The summed E-state index contributed by atoms with van der Waals surface area (Å²) in [7, 11) is 0. The van der Waals surface area contributed by atoms with E-state index in [2.05, 4.69) is 5.32 Å². The highest BCUT2D eigenvalue weighted by molar-refractivity contribution is 5.65. The fraction of sp³-hybridized carbons (Fsp3) is 0.316. The van der Waals surface area contributed by atoms with Gasteiger partial charge in [0.05, 0.1) is 12.1 Å². The van der Waals surface area contributed by atoms with Gasteiger partial charge in [-0.15, -0.1) is 0 Å². The summed E-state index contributed by atoms with van der Waals surface area (Å²) in [5.41, 5.74) is 8.20. The highest BCUT2D eigenvalue weighted by atomic mass is 16.4. The van der Waals surface area contributed by atoms with Gasteiger partial charge in [-0.05, 0) is 30.4 Å². The van der Waals surface area contributed by atoms with Gasteiger partial charge in [0.2, 0.25) is 0 Å². The maximum Gasteiger partial charge on any atom is 0.404 e. The quantitative estimate of drug-likeness (QED) is 0.597. The van der Waals surface area contributed by atoms with Crippen molar-refractivity contribution in [3.05, 3.63) is 71.8 Å². The number of hydrogen-bond donors (Lipinski definition) is 4. The van der Waals surface area contributed by atoms with Crippen molar-refractivity contribution >= 4 is 6.09 Å². The lowest BCUT2D eigenvalue weighted by atomic mass is 9.94. The van der Waals surface area contributed by atoms with E-state index in [1.54, 1.807) is 0 Å². The largest absolute Gasteiger partial charge is 0.465 e. The van der Waals surface area contributed by atoms with E-state index < -0.39 is 18.2 Å². The van der Waals surface area contributed by atoms with Crippen LogP contribution in [-0.2, 0) is 12.8 Å². The van der Waals surface area contributed by atoms with E-state index in [4.69, 9.17) is 10.8 Å². The number of hydrogen-bond acceptors (Lipinski definition) is 3. The predicted molar refractivity (Wildman–Crippen MR) is 93.8 cm³/mol. The topological polar surface area (TPSA) is 95.6 Å². The molecule has 5 heteroatoms. The molecule has 1 amide bonds. The first-order valence-corrected chi connectivity index (χ1v) is 8.05. The van der Waals surface area contributed by atoms with Gasteiger partial charge < -0.3 is 21.3 Å². The van der Waals surface area contributed by atoms with Crippen LogP contribution in [0.2, 0.25) is 0 Å². The minimum atomic E-state index is -1.15. The van der Waals surface area contributed by atoms with Crippen molar-refractivity contribution in [3.8, 4) is 0 Å². The van der Waals surface area contributed by atoms with Gasteiger partial charge >= 0.3 is 6.09 Å². The summed E-state index contributed by atoms with van der Waals surface area (Å²) in [4.78, 5) is 11.0. The van der Waals surface area contributed by atoms with Gasteiger partial charge in [0.15, 0.2) is 0 Å². The van der Waals surface area contributed by atoms with Crippen molar-refractivity contribution in [2.75, 3.05) is 0 Å². The summed E-state index contributed by atoms with van der Waals surface area (Å²) in [6, 6.07) is 18.5. The van der Waals surface area contributed by atoms with Crippen LogP contribution >= 0.6 is 0 Å². The Bertz CT molecular complexity index is 619. The fourth-order valence-corrected chi connectivity index (χ4v) is 2.78. The van der Waals surface area contributed by atoms with Gasteiger partial charge in [-0.2, -0.15) is 0 Å². The smallest absolute Gasteiger partial charge is 0.404 e. The van der Waals surface area contributed by atoms with Gasteiger partial charge in [0.25, 0.3) is 0 Å². The molecule has 2 rings (SSSR count). The Kier molecular flexibility index (Phi) is 6.78. The summed E-state index contributed by atoms with van der Waals surface area (Å²) in [5, 5.41) is 21.9. The van der Waals surface area contributed by atoms with Gasteiger partial charge in [-0.3, -0.25) is 0 Å². The lowest BCUT2D eigenvalue weighted by Crippen LogP contribution is -2.46. The molecule has 0 saturated carbocycles. The van der Waals surface area contributed by atoms with E-state index in [0.717, 1.165) is 11.1 Å². The summed E-state index contributed by atoms with van der Waals surface area (Å²) in [6.07, 6.45) is -0.603. The zero-order valence-corrected chi connectivity index (χ0v) is 13.5. The minimum absolute atomic E-state index is 0.240. The van der Waals surface area contributed by atoms with Gasteiger partial charge in [-0.25, -0.2) is 4.79 Å². The van der Waals surface area contributed by atoms with Gasteiger partial charge in [0.1, 0.15) is 0 Å². The first kappa shape index (κ1) is 18.0. The Morgan fingerprint density at radius 1 is 0.958 bits per heavy atom. The molecule has 0 aliphatic rings. The second kappa shape index (κ2) is 9.05. The fourth-order valence-electron chi connectivity index (χ4n) is 2.78. The standard InChI is InChI=1S/C19H24N2O3/c20-16(11-14-7-3-1-4-8-14)13-18(22)17(21-19(23)24)12-15-9-5-2-6-10-15/h1-10,16-18,21-22H,11-13,20H2,(H,23,24)/t16-,17-,18-/m0/s1. The third-order valence-corrected chi connectivity index (χ3v) is 3.96. The molecule has 0 heterocycles. The molecule has 0 aromatic heterocycles. The number of amides is 1. The zero-order chi connectivity index (χ0) is 17.4. The SMILES string of the molecule is N[C@@H](Cc1ccccc1)C[C@H](O)[C@H](Cc1ccccc1)NC(=O)O. The molecule has 0 bridgehead atoms. The predicted octanol–water partition coefficient (Wildman–Crippen LogP) is 2.19. The molecule has 24 heavy (non-hydrogen) atoms. The molecule has 0 radical (unpaired) electrons. The van der Waals surface area contributed by atoms with Crippen molar-refractivity contribution in [1.82, 2.24) is 5.32 Å². The molecule has 2 aromatic rings. The number of rotatable bonds is 8. The molecule has 0 aliphatic heterocycles. The van der Waals surface area contributed by atoms with Crippen LogP contribution in [0.4, 0.5) is 4.79 Å². The molecule has 3 atom stereocenters. The number of carbonyl (C=O) groups is 1. The normalized spacial score (nSPS) is 14.6. The van der Waals surface area contributed by atoms with E-state index in [0.29, 0.717) is 19.3 Å². The summed E-state index contributed by atoms with van der Waals surface area (Å²) in [6.45, 7) is 0. The second-order valence-electron chi connectivity index (χ2n) is 6.00. The van der Waals surface area contributed by atoms with Crippen molar-refractivity contribution in [1.29, 1.82) is 0 Å². The molecule has 2 aromatic carbocycles. The molecule has 5 N–H and O–H groups in total. The first-order chi connectivity index (χ1) is 11.5. The van der Waals surface area contributed by atoms with Gasteiger partial charge in [0, 0.05) is 6.04 Å². The second-order valence-corrected chi connectivity index (χ2v) is 6.00. The average molecular weight is 328 g/mol. The van der Waals surface area contributed by atoms with Crippen LogP contribution in [0.3, 0.4) is 0 Å². The van der Waals surface area contributed by atoms with Crippen molar-refractivity contribution < 1.29 is 15.0 Å². The van der Waals surface area contributed by atoms with Crippen LogP contribution in [0.15, 0.2) is 60.7 Å². The molecule has 5 nitrogen and oxygen atoms in total. The number of benzene rings is 2. The molecular formula is C19H24N2O3. The van der Waals surface area contributed by atoms with E-state index in [9.17, 15) is 9.90 Å². The lowest BCUT2D eigenvalue weighted by Gasteiger charge is -2.25. The molecule has 0 unspecified atom stereocenters. The molecule has 0 fully saturated rings. The Morgan fingerprint density at radius 2 is 1.46 bits per heavy atom. The molecule has 0 saturated heterocycles. The van der Waals surface area contributed by atoms with Crippen molar-refractivity contribution in [2.24, 2.45) is 5.73 Å². The lowest BCUT2D eigenvalue weighted by molar-refractivity contribution is 0.105. The average Bonchev–Trinajstić information content (AvgIpc) is 2.55. The van der Waals surface area contributed by atoms with Crippen LogP contribution in [-0.4, -0.2) is 34.5 Å². The number of nitrogens with two attached hydrogens (primary N) is 1. The Morgan fingerprint density at radius 3 is 1.96 bits per heavy atom. The minimum Gasteiger partial charge on any atom is -0.465 e. The Labute approximate surface area is 142 Å². The molecule has 128 valence electrons. The van der Waals surface area contributed by atoms with Crippen LogP contribution < -0.4 is 11.1 Å². The highest BCUT2D eigenvalue weighted by Crippen LogP contribution is 2.12. The number of carboxylic acid groups (broad SMARTS) is 1. The van der Waals surface area contributed by atoms with Gasteiger partial charge in [-0.1, -0.05) is 60.7 Å². The van der Waals surface area contributed by atoms with Crippen LogP contribution in [0, 0.1) is 0 Å². The zero-order valence-electron chi connectivity index (χ0n) is 13.5. The van der Waals surface area contributed by atoms with E-state index >= 15 is 0 Å². The number of aliphatic hydroxyl groups is 1. The summed E-state index contributed by atoms with van der Waals surface area (Å²) in [5.74, 6) is 0. The summed E-state index contributed by atoms with van der Waals surface area (Å²) < 4.78 is 0. The monoisotopic (exact) mass is 328 g/mol. The number of nitrogens with one attached hydrogen (secondary N) is 1. The maximum atomic E-state index is 11.0. The Hall–Kier alpha value is -2.37. The van der Waals surface area contributed by atoms with Crippen molar-refractivity contribution in [2.45, 2.75) is 37.5 Å². The molecule has 0 spiro atoms.